The number of rotatable bonds is 1. The van der Waals surface area contributed by atoms with E-state index in [1.165, 1.54) is 11.8 Å². The lowest BCUT2D eigenvalue weighted by atomic mass is 10.1. The molecular formula is C11H9ClN2O. The zero-order valence-corrected chi connectivity index (χ0v) is 8.88. The average molecular weight is 221 g/mol. The topological polar surface area (TPSA) is 45.8 Å². The van der Waals surface area contributed by atoms with Crippen LogP contribution in [0.3, 0.4) is 0 Å². The zero-order valence-electron chi connectivity index (χ0n) is 8.12. The van der Waals surface area contributed by atoms with Gasteiger partial charge >= 0.3 is 5.69 Å². The van der Waals surface area contributed by atoms with Crippen LogP contribution >= 0.6 is 11.6 Å². The lowest BCUT2D eigenvalue weighted by Gasteiger charge is -2.03. The number of nitrogens with zero attached hydrogens (tertiary/aromatic N) is 1. The molecule has 0 saturated heterocycles. The first-order valence-electron chi connectivity index (χ1n) is 4.48. The summed E-state index contributed by atoms with van der Waals surface area (Å²) in [6, 6.07) is 7.85. The molecule has 0 aliphatic carbocycles. The van der Waals surface area contributed by atoms with Crippen molar-refractivity contribution < 1.29 is 0 Å². The van der Waals surface area contributed by atoms with Crippen LogP contribution in [0, 0.1) is 6.92 Å². The molecule has 1 aromatic carbocycles. The van der Waals surface area contributed by atoms with Crippen molar-refractivity contribution in [1.82, 2.24) is 9.97 Å². The number of nitrogens with one attached hydrogen (secondary N) is 1. The standard InChI is InChI=1S/C11H9ClN2O/c1-7-2-4-8(5-3-7)9-6-13-11(15)14-10(9)12/h2-6H,1H3,(H,13,14,15). The van der Waals surface area contributed by atoms with Crippen molar-refractivity contribution >= 4 is 11.6 Å². The molecule has 2 aromatic rings. The molecule has 0 radical (unpaired) electrons. The van der Waals surface area contributed by atoms with Crippen molar-refractivity contribution in [3.63, 3.8) is 0 Å². The van der Waals surface area contributed by atoms with Gasteiger partial charge in [0.2, 0.25) is 0 Å². The summed E-state index contributed by atoms with van der Waals surface area (Å²) < 4.78 is 0. The van der Waals surface area contributed by atoms with Gasteiger partial charge in [0.1, 0.15) is 5.15 Å². The summed E-state index contributed by atoms with van der Waals surface area (Å²) in [5.74, 6) is 0. The molecule has 0 atom stereocenters. The summed E-state index contributed by atoms with van der Waals surface area (Å²) in [6.07, 6.45) is 1.48. The Morgan fingerprint density at radius 1 is 1.27 bits per heavy atom. The molecule has 1 aromatic heterocycles. The summed E-state index contributed by atoms with van der Waals surface area (Å²) in [4.78, 5) is 17.0. The summed E-state index contributed by atoms with van der Waals surface area (Å²) in [5.41, 5.74) is 2.41. The van der Waals surface area contributed by atoms with Crippen LogP contribution in [0.1, 0.15) is 5.56 Å². The second-order valence-corrected chi connectivity index (χ2v) is 3.66. The molecule has 0 aliphatic heterocycles. The number of benzene rings is 1. The van der Waals surface area contributed by atoms with Gasteiger partial charge in [-0.2, -0.15) is 0 Å². The van der Waals surface area contributed by atoms with Gasteiger partial charge in [0.15, 0.2) is 0 Å². The van der Waals surface area contributed by atoms with E-state index in [-0.39, 0.29) is 0 Å². The van der Waals surface area contributed by atoms with Gasteiger partial charge < -0.3 is 0 Å². The Bertz CT molecular complexity index is 531. The minimum absolute atomic E-state index is 0.318. The van der Waals surface area contributed by atoms with Gasteiger partial charge in [-0.05, 0) is 12.5 Å². The van der Waals surface area contributed by atoms with Crippen molar-refractivity contribution in [3.8, 4) is 11.1 Å². The Kier molecular flexibility index (Phi) is 2.56. The molecule has 0 spiro atoms. The fourth-order valence-electron chi connectivity index (χ4n) is 1.31. The van der Waals surface area contributed by atoms with Crippen LogP contribution in [0.5, 0.6) is 0 Å². The second-order valence-electron chi connectivity index (χ2n) is 3.28. The molecule has 0 saturated carbocycles. The summed E-state index contributed by atoms with van der Waals surface area (Å²) in [6.45, 7) is 2.01. The molecule has 1 N–H and O–H groups in total. The number of halogens is 1. The monoisotopic (exact) mass is 220 g/mol. The zero-order chi connectivity index (χ0) is 10.8. The van der Waals surface area contributed by atoms with Crippen LogP contribution in [0.4, 0.5) is 0 Å². The van der Waals surface area contributed by atoms with Gasteiger partial charge in [0.25, 0.3) is 0 Å². The predicted molar refractivity (Wildman–Crippen MR) is 60.0 cm³/mol. The summed E-state index contributed by atoms with van der Waals surface area (Å²) >= 11 is 5.91. The minimum atomic E-state index is -0.434. The highest BCUT2D eigenvalue weighted by molar-refractivity contribution is 6.32. The molecule has 4 heteroatoms. The van der Waals surface area contributed by atoms with Crippen LogP contribution in [0.25, 0.3) is 11.1 Å². The molecular weight excluding hydrogens is 212 g/mol. The van der Waals surface area contributed by atoms with Gasteiger partial charge in [-0.15, -0.1) is 0 Å². The number of aromatic amines is 1. The van der Waals surface area contributed by atoms with Crippen molar-refractivity contribution in [1.29, 1.82) is 0 Å². The molecule has 0 fully saturated rings. The summed E-state index contributed by atoms with van der Waals surface area (Å²) in [7, 11) is 0. The molecule has 0 amide bonds. The highest BCUT2D eigenvalue weighted by Gasteiger charge is 2.04. The van der Waals surface area contributed by atoms with Gasteiger partial charge in [0, 0.05) is 11.8 Å². The van der Waals surface area contributed by atoms with E-state index >= 15 is 0 Å². The number of hydrogen-bond donors (Lipinski definition) is 1. The van der Waals surface area contributed by atoms with Crippen LogP contribution in [-0.2, 0) is 0 Å². The first kappa shape index (κ1) is 9.93. The fourth-order valence-corrected chi connectivity index (χ4v) is 1.55. The Labute approximate surface area is 91.8 Å². The quantitative estimate of drug-likeness (QED) is 0.751. The third kappa shape index (κ3) is 2.07. The minimum Gasteiger partial charge on any atom is -0.296 e. The van der Waals surface area contributed by atoms with Gasteiger partial charge in [-0.1, -0.05) is 41.4 Å². The van der Waals surface area contributed by atoms with E-state index in [0.29, 0.717) is 5.15 Å². The summed E-state index contributed by atoms with van der Waals surface area (Å²) in [5, 5.41) is 0.318. The lowest BCUT2D eigenvalue weighted by molar-refractivity contribution is 1.08. The highest BCUT2D eigenvalue weighted by Crippen LogP contribution is 2.24. The number of aromatic nitrogens is 2. The maximum absolute atomic E-state index is 10.9. The third-order valence-corrected chi connectivity index (χ3v) is 2.42. The maximum Gasteiger partial charge on any atom is 0.346 e. The van der Waals surface area contributed by atoms with Crippen LogP contribution in [0.15, 0.2) is 35.3 Å². The fraction of sp³-hybridized carbons (Fsp3) is 0.0909. The van der Waals surface area contributed by atoms with Crippen molar-refractivity contribution in [2.24, 2.45) is 0 Å². The number of H-pyrrole nitrogens is 1. The van der Waals surface area contributed by atoms with Gasteiger partial charge in [-0.3, -0.25) is 4.98 Å². The third-order valence-electron chi connectivity index (χ3n) is 2.13. The van der Waals surface area contributed by atoms with E-state index in [1.54, 1.807) is 0 Å². The van der Waals surface area contributed by atoms with E-state index in [0.717, 1.165) is 11.1 Å². The van der Waals surface area contributed by atoms with E-state index in [9.17, 15) is 4.79 Å². The van der Waals surface area contributed by atoms with Crippen LogP contribution in [-0.4, -0.2) is 9.97 Å². The molecule has 0 unspecified atom stereocenters. The van der Waals surface area contributed by atoms with Gasteiger partial charge in [0.05, 0.1) is 0 Å². The normalized spacial score (nSPS) is 10.3. The highest BCUT2D eigenvalue weighted by atomic mass is 35.5. The van der Waals surface area contributed by atoms with E-state index < -0.39 is 5.69 Å². The van der Waals surface area contributed by atoms with E-state index in [4.69, 9.17) is 11.6 Å². The maximum atomic E-state index is 10.9. The average Bonchev–Trinajstić information content (AvgIpc) is 2.20. The first-order chi connectivity index (χ1) is 7.16. The second kappa shape index (κ2) is 3.87. The Balaban J connectivity index is 2.54. The van der Waals surface area contributed by atoms with Crippen molar-refractivity contribution in [2.45, 2.75) is 6.92 Å². The first-order valence-corrected chi connectivity index (χ1v) is 4.86. The molecule has 0 bridgehead atoms. The molecule has 2 rings (SSSR count). The van der Waals surface area contributed by atoms with Crippen molar-refractivity contribution in [3.05, 3.63) is 51.7 Å². The molecule has 3 nitrogen and oxygen atoms in total. The largest absolute Gasteiger partial charge is 0.346 e. The lowest BCUT2D eigenvalue weighted by Crippen LogP contribution is -2.09. The Morgan fingerprint density at radius 3 is 2.53 bits per heavy atom. The van der Waals surface area contributed by atoms with Crippen LogP contribution in [0.2, 0.25) is 5.15 Å². The SMILES string of the molecule is Cc1ccc(-c2cnc(=O)[nH]c2Cl)cc1. The van der Waals surface area contributed by atoms with E-state index in [1.807, 2.05) is 31.2 Å². The Morgan fingerprint density at radius 2 is 1.93 bits per heavy atom. The smallest absolute Gasteiger partial charge is 0.296 e. The molecule has 76 valence electrons. The van der Waals surface area contributed by atoms with Gasteiger partial charge in [-0.25, -0.2) is 9.78 Å². The molecule has 0 aliphatic rings. The predicted octanol–water partition coefficient (Wildman–Crippen LogP) is 2.40. The van der Waals surface area contributed by atoms with Crippen molar-refractivity contribution in [2.75, 3.05) is 0 Å². The van der Waals surface area contributed by atoms with Crippen LogP contribution < -0.4 is 5.69 Å². The number of hydrogen-bond acceptors (Lipinski definition) is 2. The Hall–Kier alpha value is -1.61. The molecule has 1 heterocycles. The number of aryl methyl sites for hydroxylation is 1. The van der Waals surface area contributed by atoms with E-state index in [2.05, 4.69) is 9.97 Å². The molecule has 15 heavy (non-hydrogen) atoms.